The van der Waals surface area contributed by atoms with Crippen LogP contribution in [0.1, 0.15) is 60.3 Å². The first-order valence-corrected chi connectivity index (χ1v) is 11.0. The first kappa shape index (κ1) is 23.5. The molecular formula is C27H31NO4. The normalized spacial score (nSPS) is 12.4. The standard InChI is InChI=1S/C27H31NO4/c1-4-24(19-31-30)32-25-10-5-8-21(18-25)9-6-16-28-17-7-11-26(28)27(29)23-14-12-22(13-15-23)20(2)3/h5-15,17-18,20,24,30H,4,16,19H2,1-3H3/t24-/m0/s1. The number of carbonyl (C=O) groups is 1. The van der Waals surface area contributed by atoms with Crippen LogP contribution in [0.4, 0.5) is 0 Å². The molecule has 0 fully saturated rings. The van der Waals surface area contributed by atoms with Crippen molar-refractivity contribution >= 4 is 11.9 Å². The predicted molar refractivity (Wildman–Crippen MR) is 127 cm³/mol. The van der Waals surface area contributed by atoms with E-state index in [-0.39, 0.29) is 18.5 Å². The van der Waals surface area contributed by atoms with Crippen molar-refractivity contribution in [2.45, 2.75) is 45.8 Å². The van der Waals surface area contributed by atoms with Crippen LogP contribution in [0.2, 0.25) is 0 Å². The van der Waals surface area contributed by atoms with E-state index in [1.807, 2.05) is 90.5 Å². The van der Waals surface area contributed by atoms with Gasteiger partial charge in [0.15, 0.2) is 0 Å². The van der Waals surface area contributed by atoms with E-state index >= 15 is 0 Å². The molecule has 168 valence electrons. The van der Waals surface area contributed by atoms with E-state index in [1.165, 1.54) is 5.56 Å². The Labute approximate surface area is 189 Å². The van der Waals surface area contributed by atoms with Gasteiger partial charge in [-0.05, 0) is 47.7 Å². The minimum absolute atomic E-state index is 0.0193. The molecule has 1 N–H and O–H groups in total. The van der Waals surface area contributed by atoms with E-state index in [0.717, 1.165) is 17.7 Å². The van der Waals surface area contributed by atoms with Crippen LogP contribution in [0.5, 0.6) is 5.75 Å². The zero-order chi connectivity index (χ0) is 22.9. The highest BCUT2D eigenvalue weighted by Gasteiger charge is 2.13. The van der Waals surface area contributed by atoms with E-state index < -0.39 is 0 Å². The molecule has 1 atom stereocenters. The number of carbonyl (C=O) groups excluding carboxylic acids is 1. The zero-order valence-corrected chi connectivity index (χ0v) is 18.9. The van der Waals surface area contributed by atoms with Crippen LogP contribution < -0.4 is 4.74 Å². The maximum absolute atomic E-state index is 13.0. The van der Waals surface area contributed by atoms with Gasteiger partial charge in [0.1, 0.15) is 18.5 Å². The van der Waals surface area contributed by atoms with E-state index in [2.05, 4.69) is 18.7 Å². The van der Waals surface area contributed by atoms with Gasteiger partial charge in [0.25, 0.3) is 0 Å². The van der Waals surface area contributed by atoms with Crippen molar-refractivity contribution < 1.29 is 19.7 Å². The molecule has 0 aliphatic rings. The lowest BCUT2D eigenvalue weighted by Crippen LogP contribution is -2.21. The van der Waals surface area contributed by atoms with E-state index in [0.29, 0.717) is 23.7 Å². The number of nitrogens with zero attached hydrogens (tertiary/aromatic N) is 1. The summed E-state index contributed by atoms with van der Waals surface area (Å²) in [5.74, 6) is 1.18. The molecule has 2 aromatic carbocycles. The molecule has 0 aliphatic carbocycles. The van der Waals surface area contributed by atoms with Gasteiger partial charge in [-0.3, -0.25) is 10.1 Å². The first-order chi connectivity index (χ1) is 15.5. The largest absolute Gasteiger partial charge is 0.488 e. The maximum atomic E-state index is 13.0. The fraction of sp³-hybridized carbons (Fsp3) is 0.296. The monoisotopic (exact) mass is 433 g/mol. The molecule has 0 amide bonds. The molecule has 5 heteroatoms. The number of hydrogen-bond acceptors (Lipinski definition) is 4. The Kier molecular flexibility index (Phi) is 8.42. The van der Waals surface area contributed by atoms with Gasteiger partial charge in [0.05, 0.1) is 5.69 Å². The van der Waals surface area contributed by atoms with Crippen LogP contribution in [-0.2, 0) is 11.4 Å². The fourth-order valence-corrected chi connectivity index (χ4v) is 3.45. The van der Waals surface area contributed by atoms with Crippen molar-refractivity contribution in [3.05, 3.63) is 95.3 Å². The smallest absolute Gasteiger partial charge is 0.209 e. The minimum Gasteiger partial charge on any atom is -0.488 e. The van der Waals surface area contributed by atoms with Crippen molar-refractivity contribution in [1.29, 1.82) is 0 Å². The third-order valence-corrected chi connectivity index (χ3v) is 5.39. The molecule has 0 saturated carbocycles. The molecule has 5 nitrogen and oxygen atoms in total. The summed E-state index contributed by atoms with van der Waals surface area (Å²) in [4.78, 5) is 17.2. The number of rotatable bonds is 11. The highest BCUT2D eigenvalue weighted by molar-refractivity contribution is 6.08. The van der Waals surface area contributed by atoms with Gasteiger partial charge >= 0.3 is 0 Å². The Morgan fingerprint density at radius 2 is 1.88 bits per heavy atom. The number of benzene rings is 2. The molecular weight excluding hydrogens is 402 g/mol. The quantitative estimate of drug-likeness (QED) is 0.222. The van der Waals surface area contributed by atoms with Gasteiger partial charge in [-0.2, -0.15) is 0 Å². The van der Waals surface area contributed by atoms with Crippen LogP contribution in [0, 0.1) is 0 Å². The van der Waals surface area contributed by atoms with Gasteiger partial charge in [-0.1, -0.05) is 69.3 Å². The fourth-order valence-electron chi connectivity index (χ4n) is 3.45. The second kappa shape index (κ2) is 11.5. The molecule has 3 aromatic rings. The summed E-state index contributed by atoms with van der Waals surface area (Å²) in [5, 5.41) is 8.66. The first-order valence-electron chi connectivity index (χ1n) is 11.0. The Balaban J connectivity index is 1.66. The predicted octanol–water partition coefficient (Wildman–Crippen LogP) is 6.20. The lowest BCUT2D eigenvalue weighted by molar-refractivity contribution is -0.254. The summed E-state index contributed by atoms with van der Waals surface area (Å²) in [6, 6.07) is 19.3. The Morgan fingerprint density at radius 3 is 2.56 bits per heavy atom. The average Bonchev–Trinajstić information content (AvgIpc) is 3.27. The van der Waals surface area contributed by atoms with Crippen LogP contribution in [0.15, 0.2) is 72.9 Å². The number of allylic oxidation sites excluding steroid dienone is 1. The average molecular weight is 434 g/mol. The summed E-state index contributed by atoms with van der Waals surface area (Å²) in [5.41, 5.74) is 3.58. The van der Waals surface area contributed by atoms with Crippen LogP contribution >= 0.6 is 0 Å². The van der Waals surface area contributed by atoms with E-state index in [9.17, 15) is 4.79 Å². The molecule has 0 bridgehead atoms. The van der Waals surface area contributed by atoms with Gasteiger partial charge in [-0.25, -0.2) is 4.89 Å². The Bertz CT molecular complexity index is 1030. The Morgan fingerprint density at radius 1 is 1.09 bits per heavy atom. The lowest BCUT2D eigenvalue weighted by atomic mass is 10.00. The van der Waals surface area contributed by atoms with E-state index in [4.69, 9.17) is 9.99 Å². The second-order valence-corrected chi connectivity index (χ2v) is 8.07. The second-order valence-electron chi connectivity index (χ2n) is 8.07. The summed E-state index contributed by atoms with van der Waals surface area (Å²) in [7, 11) is 0. The molecule has 0 spiro atoms. The van der Waals surface area contributed by atoms with Crippen LogP contribution in [-0.4, -0.2) is 28.3 Å². The van der Waals surface area contributed by atoms with E-state index in [1.54, 1.807) is 0 Å². The maximum Gasteiger partial charge on any atom is 0.209 e. The zero-order valence-electron chi connectivity index (χ0n) is 18.9. The summed E-state index contributed by atoms with van der Waals surface area (Å²) < 4.78 is 7.80. The lowest BCUT2D eigenvalue weighted by Gasteiger charge is -2.16. The highest BCUT2D eigenvalue weighted by atomic mass is 17.1. The summed E-state index contributed by atoms with van der Waals surface area (Å²) in [6.45, 7) is 6.96. The van der Waals surface area contributed by atoms with Crippen molar-refractivity contribution in [3.8, 4) is 5.75 Å². The van der Waals surface area contributed by atoms with Gasteiger partial charge in [0.2, 0.25) is 5.78 Å². The molecule has 0 saturated heterocycles. The van der Waals surface area contributed by atoms with Gasteiger partial charge in [-0.15, -0.1) is 0 Å². The third kappa shape index (κ3) is 6.19. The van der Waals surface area contributed by atoms with Crippen molar-refractivity contribution in [3.63, 3.8) is 0 Å². The third-order valence-electron chi connectivity index (χ3n) is 5.39. The van der Waals surface area contributed by atoms with Gasteiger partial charge in [0, 0.05) is 18.3 Å². The molecule has 0 unspecified atom stereocenters. The minimum atomic E-state index is -0.206. The van der Waals surface area contributed by atoms with Crippen molar-refractivity contribution in [1.82, 2.24) is 4.57 Å². The molecule has 32 heavy (non-hydrogen) atoms. The highest BCUT2D eigenvalue weighted by Crippen LogP contribution is 2.19. The van der Waals surface area contributed by atoms with Crippen LogP contribution in [0.3, 0.4) is 0 Å². The summed E-state index contributed by atoms with van der Waals surface area (Å²) in [6.07, 6.45) is 6.46. The molecule has 3 rings (SSSR count). The number of aromatic nitrogens is 1. The van der Waals surface area contributed by atoms with Crippen LogP contribution in [0.25, 0.3) is 6.08 Å². The van der Waals surface area contributed by atoms with Gasteiger partial charge < -0.3 is 9.30 Å². The molecule has 0 aliphatic heterocycles. The van der Waals surface area contributed by atoms with Crippen molar-refractivity contribution in [2.75, 3.05) is 6.61 Å². The molecule has 1 heterocycles. The SMILES string of the molecule is CC[C@@H](COO)Oc1cccc(C=CCn2cccc2C(=O)c2ccc(C(C)C)cc2)c1. The molecule has 1 aromatic heterocycles. The Hall–Kier alpha value is -3.15. The number of ketones is 1. The number of ether oxygens (including phenoxy) is 1. The topological polar surface area (TPSA) is 60.7 Å². The number of hydrogen-bond donors (Lipinski definition) is 1. The molecule has 0 radical (unpaired) electrons. The summed E-state index contributed by atoms with van der Waals surface area (Å²) >= 11 is 0. The van der Waals surface area contributed by atoms with Crippen molar-refractivity contribution in [2.24, 2.45) is 0 Å².